The molecule has 1 heterocycles. The highest BCUT2D eigenvalue weighted by Gasteiger charge is 2.00. The molecule has 0 aliphatic heterocycles. The van der Waals surface area contributed by atoms with Crippen LogP contribution in [-0.4, -0.2) is 30.6 Å². The molecule has 5 nitrogen and oxygen atoms in total. The molecule has 0 amide bonds. The van der Waals surface area contributed by atoms with Crippen molar-refractivity contribution in [3.8, 4) is 5.75 Å². The van der Waals surface area contributed by atoms with Crippen molar-refractivity contribution in [2.75, 3.05) is 19.7 Å². The van der Waals surface area contributed by atoms with Crippen LogP contribution in [0.2, 0.25) is 5.15 Å². The van der Waals surface area contributed by atoms with Gasteiger partial charge in [0.15, 0.2) is 5.96 Å². The molecule has 0 unspecified atom stereocenters. The van der Waals surface area contributed by atoms with Crippen LogP contribution in [0.5, 0.6) is 5.75 Å². The normalized spacial score (nSPS) is 10.8. The molecule has 0 aliphatic carbocycles. The first-order valence-corrected chi connectivity index (χ1v) is 8.93. The smallest absolute Gasteiger partial charge is 0.191 e. The SMILES string of the molecule is CCNC(=NCc1cccc(OCC)c1)NCCc1ccc(Cl)nc1.I. The lowest BCUT2D eigenvalue weighted by atomic mass is 10.2. The first-order chi connectivity index (χ1) is 12.2. The van der Waals surface area contributed by atoms with Crippen LogP contribution in [0, 0.1) is 0 Å². The molecule has 26 heavy (non-hydrogen) atoms. The Morgan fingerprint density at radius 3 is 2.69 bits per heavy atom. The fourth-order valence-electron chi connectivity index (χ4n) is 2.29. The summed E-state index contributed by atoms with van der Waals surface area (Å²) in [5.41, 5.74) is 2.25. The molecule has 142 valence electrons. The quantitative estimate of drug-likeness (QED) is 0.255. The topological polar surface area (TPSA) is 58.5 Å². The van der Waals surface area contributed by atoms with Crippen molar-refractivity contribution in [3.63, 3.8) is 0 Å². The largest absolute Gasteiger partial charge is 0.494 e. The Kier molecular flexibility index (Phi) is 11.0. The Hall–Kier alpha value is -1.54. The highest BCUT2D eigenvalue weighted by molar-refractivity contribution is 14.0. The van der Waals surface area contributed by atoms with Crippen molar-refractivity contribution in [1.29, 1.82) is 0 Å². The standard InChI is InChI=1S/C19H25ClN4O.HI/c1-3-21-19(22-11-10-15-8-9-18(20)23-13-15)24-14-16-6-5-7-17(12-16)25-4-2;/h5-9,12-13H,3-4,10-11,14H2,1-2H3,(H2,21,22,24);1H. The number of aliphatic imine (C=N–C) groups is 1. The van der Waals surface area contributed by atoms with Crippen LogP contribution in [0.1, 0.15) is 25.0 Å². The summed E-state index contributed by atoms with van der Waals surface area (Å²) >= 11 is 5.80. The lowest BCUT2D eigenvalue weighted by Gasteiger charge is -2.11. The third-order valence-corrected chi connectivity index (χ3v) is 3.69. The third kappa shape index (κ3) is 8.23. The average molecular weight is 489 g/mol. The van der Waals surface area contributed by atoms with Crippen LogP contribution in [0.4, 0.5) is 0 Å². The van der Waals surface area contributed by atoms with Gasteiger partial charge in [-0.3, -0.25) is 0 Å². The highest BCUT2D eigenvalue weighted by Crippen LogP contribution is 2.13. The van der Waals surface area contributed by atoms with Crippen molar-refractivity contribution >= 4 is 41.5 Å². The number of hydrogen-bond donors (Lipinski definition) is 2. The summed E-state index contributed by atoms with van der Waals surface area (Å²) in [6, 6.07) is 11.8. The van der Waals surface area contributed by atoms with Crippen LogP contribution in [0.3, 0.4) is 0 Å². The summed E-state index contributed by atoms with van der Waals surface area (Å²) in [7, 11) is 0. The number of nitrogens with one attached hydrogen (secondary N) is 2. The zero-order valence-electron chi connectivity index (χ0n) is 15.2. The predicted molar refractivity (Wildman–Crippen MR) is 119 cm³/mol. The molecular formula is C19H26ClIN4O. The molecule has 0 saturated carbocycles. The van der Waals surface area contributed by atoms with Crippen LogP contribution in [-0.2, 0) is 13.0 Å². The second kappa shape index (κ2) is 12.8. The summed E-state index contributed by atoms with van der Waals surface area (Å²) < 4.78 is 5.53. The fraction of sp³-hybridized carbons (Fsp3) is 0.368. The predicted octanol–water partition coefficient (Wildman–Crippen LogP) is 4.05. The van der Waals surface area contributed by atoms with Gasteiger partial charge in [0.2, 0.25) is 0 Å². The molecule has 2 N–H and O–H groups in total. The maximum atomic E-state index is 5.80. The van der Waals surface area contributed by atoms with E-state index in [4.69, 9.17) is 16.3 Å². The lowest BCUT2D eigenvalue weighted by Crippen LogP contribution is -2.38. The summed E-state index contributed by atoms with van der Waals surface area (Å²) in [6.07, 6.45) is 2.65. The van der Waals surface area contributed by atoms with Gasteiger partial charge in [0.25, 0.3) is 0 Å². The van der Waals surface area contributed by atoms with Crippen molar-refractivity contribution < 1.29 is 4.74 Å². The molecule has 0 spiro atoms. The molecule has 0 bridgehead atoms. The minimum absolute atomic E-state index is 0. The number of aromatic nitrogens is 1. The second-order valence-electron chi connectivity index (χ2n) is 5.44. The number of hydrogen-bond acceptors (Lipinski definition) is 3. The van der Waals surface area contributed by atoms with Crippen LogP contribution < -0.4 is 15.4 Å². The van der Waals surface area contributed by atoms with Gasteiger partial charge in [0, 0.05) is 19.3 Å². The van der Waals surface area contributed by atoms with E-state index in [0.29, 0.717) is 18.3 Å². The molecule has 1 aromatic carbocycles. The Bertz CT molecular complexity index is 679. The van der Waals surface area contributed by atoms with E-state index in [-0.39, 0.29) is 24.0 Å². The van der Waals surface area contributed by atoms with Gasteiger partial charge >= 0.3 is 0 Å². The Morgan fingerprint density at radius 1 is 1.15 bits per heavy atom. The molecule has 0 aliphatic rings. The number of ether oxygens (including phenoxy) is 1. The van der Waals surface area contributed by atoms with E-state index >= 15 is 0 Å². The van der Waals surface area contributed by atoms with E-state index in [9.17, 15) is 0 Å². The van der Waals surface area contributed by atoms with Gasteiger partial charge in [-0.05, 0) is 49.6 Å². The van der Waals surface area contributed by atoms with Gasteiger partial charge in [0.1, 0.15) is 10.9 Å². The van der Waals surface area contributed by atoms with Gasteiger partial charge in [-0.15, -0.1) is 24.0 Å². The van der Waals surface area contributed by atoms with E-state index < -0.39 is 0 Å². The fourth-order valence-corrected chi connectivity index (χ4v) is 2.40. The Morgan fingerprint density at radius 2 is 2.00 bits per heavy atom. The van der Waals surface area contributed by atoms with Crippen molar-refractivity contribution in [1.82, 2.24) is 15.6 Å². The van der Waals surface area contributed by atoms with Crippen molar-refractivity contribution in [3.05, 3.63) is 58.9 Å². The number of nitrogens with zero attached hydrogens (tertiary/aromatic N) is 2. The summed E-state index contributed by atoms with van der Waals surface area (Å²) in [4.78, 5) is 8.72. The summed E-state index contributed by atoms with van der Waals surface area (Å²) in [5.74, 6) is 1.68. The molecule has 1 aromatic heterocycles. The number of halogens is 2. The minimum atomic E-state index is 0. The molecule has 0 radical (unpaired) electrons. The molecule has 0 saturated heterocycles. The third-order valence-electron chi connectivity index (χ3n) is 3.47. The van der Waals surface area contributed by atoms with E-state index in [2.05, 4.69) is 33.6 Å². The number of benzene rings is 1. The van der Waals surface area contributed by atoms with Crippen molar-refractivity contribution in [2.45, 2.75) is 26.8 Å². The number of pyridine rings is 1. The van der Waals surface area contributed by atoms with E-state index in [0.717, 1.165) is 42.3 Å². The van der Waals surface area contributed by atoms with E-state index in [1.165, 1.54) is 0 Å². The minimum Gasteiger partial charge on any atom is -0.494 e. The first-order valence-electron chi connectivity index (χ1n) is 8.55. The number of rotatable bonds is 8. The van der Waals surface area contributed by atoms with Gasteiger partial charge < -0.3 is 15.4 Å². The Labute approximate surface area is 177 Å². The monoisotopic (exact) mass is 488 g/mol. The molecule has 2 aromatic rings. The number of guanidine groups is 1. The van der Waals surface area contributed by atoms with Gasteiger partial charge in [-0.1, -0.05) is 29.8 Å². The van der Waals surface area contributed by atoms with Crippen LogP contribution in [0.15, 0.2) is 47.6 Å². The van der Waals surface area contributed by atoms with Crippen molar-refractivity contribution in [2.24, 2.45) is 4.99 Å². The zero-order chi connectivity index (χ0) is 17.9. The first kappa shape index (κ1) is 22.5. The van der Waals surface area contributed by atoms with E-state index in [1.54, 1.807) is 6.20 Å². The molecule has 2 rings (SSSR count). The molecule has 0 fully saturated rings. The van der Waals surface area contributed by atoms with Gasteiger partial charge in [-0.25, -0.2) is 9.98 Å². The highest BCUT2D eigenvalue weighted by atomic mass is 127. The zero-order valence-corrected chi connectivity index (χ0v) is 18.3. The second-order valence-corrected chi connectivity index (χ2v) is 5.83. The van der Waals surface area contributed by atoms with Gasteiger partial charge in [-0.2, -0.15) is 0 Å². The lowest BCUT2D eigenvalue weighted by molar-refractivity contribution is 0.340. The molecule has 0 atom stereocenters. The summed E-state index contributed by atoms with van der Waals surface area (Å²) in [5, 5.41) is 7.11. The maximum absolute atomic E-state index is 5.80. The molecule has 7 heteroatoms. The Balaban J connectivity index is 0.00000338. The van der Waals surface area contributed by atoms with Crippen LogP contribution >= 0.6 is 35.6 Å². The average Bonchev–Trinajstić information content (AvgIpc) is 2.62. The maximum Gasteiger partial charge on any atom is 0.191 e. The van der Waals surface area contributed by atoms with E-state index in [1.807, 2.05) is 37.3 Å². The van der Waals surface area contributed by atoms with Gasteiger partial charge in [0.05, 0.1) is 13.2 Å². The molecular weight excluding hydrogens is 463 g/mol. The van der Waals surface area contributed by atoms with Crippen LogP contribution in [0.25, 0.3) is 0 Å². The summed E-state index contributed by atoms with van der Waals surface area (Å²) in [6.45, 7) is 6.88.